The Bertz CT molecular complexity index is 890. The average molecular weight is 436 g/mol. The van der Waals surface area contributed by atoms with Gasteiger partial charge < -0.3 is 20.1 Å². The van der Waals surface area contributed by atoms with E-state index in [1.54, 1.807) is 24.3 Å². The van der Waals surface area contributed by atoms with Gasteiger partial charge in [0.2, 0.25) is 0 Å². The Morgan fingerprint density at radius 2 is 1.52 bits per heavy atom. The number of primary amides is 1. The number of carbonyl (C=O) groups is 2. The van der Waals surface area contributed by atoms with Crippen LogP contribution in [0.3, 0.4) is 0 Å². The number of hydrogen-bond donors (Lipinski definition) is 1. The van der Waals surface area contributed by atoms with E-state index in [0.29, 0.717) is 31.0 Å². The van der Waals surface area contributed by atoms with E-state index in [-0.39, 0.29) is 5.92 Å². The lowest BCUT2D eigenvalue weighted by Crippen LogP contribution is -2.40. The van der Waals surface area contributed by atoms with Crippen molar-refractivity contribution in [3.8, 4) is 16.9 Å². The molecule has 166 valence electrons. The molecule has 0 aromatic heterocycles. The number of halogens is 3. The zero-order chi connectivity index (χ0) is 22.4. The number of amides is 2. The van der Waals surface area contributed by atoms with E-state index in [1.807, 2.05) is 0 Å². The maximum Gasteiger partial charge on any atom is 0.416 e. The molecule has 9 heteroatoms. The molecule has 1 fully saturated rings. The number of ether oxygens (including phenoxy) is 2. The maximum absolute atomic E-state index is 12.7. The van der Waals surface area contributed by atoms with Crippen LogP contribution in [-0.2, 0) is 15.7 Å². The minimum Gasteiger partial charge on any atom is -0.493 e. The molecule has 0 spiro atoms. The molecular formula is C22H23F3N2O4. The first-order valence-corrected chi connectivity index (χ1v) is 9.83. The predicted molar refractivity (Wildman–Crippen MR) is 107 cm³/mol. The van der Waals surface area contributed by atoms with Crippen molar-refractivity contribution in [1.29, 1.82) is 0 Å². The van der Waals surface area contributed by atoms with E-state index in [2.05, 4.69) is 0 Å². The Hall–Kier alpha value is -3.23. The molecule has 6 nitrogen and oxygen atoms in total. The molecule has 1 aliphatic rings. The van der Waals surface area contributed by atoms with Crippen molar-refractivity contribution in [1.82, 2.24) is 4.90 Å². The Morgan fingerprint density at radius 3 is 2.03 bits per heavy atom. The summed E-state index contributed by atoms with van der Waals surface area (Å²) in [7, 11) is 0. The molecule has 0 bridgehead atoms. The molecule has 2 amide bonds. The molecule has 2 aromatic rings. The lowest BCUT2D eigenvalue weighted by molar-refractivity contribution is -0.137. The molecule has 1 saturated heterocycles. The number of nitrogens with zero attached hydrogens (tertiary/aromatic N) is 1. The highest BCUT2D eigenvalue weighted by molar-refractivity contribution is 5.78. The second-order valence-corrected chi connectivity index (χ2v) is 7.36. The Kier molecular flexibility index (Phi) is 7.04. The molecule has 1 aliphatic heterocycles. The molecule has 1 heterocycles. The van der Waals surface area contributed by atoms with Gasteiger partial charge in [0.25, 0.3) is 5.91 Å². The molecule has 0 radical (unpaired) electrons. The van der Waals surface area contributed by atoms with Crippen LogP contribution < -0.4 is 10.5 Å². The van der Waals surface area contributed by atoms with Crippen LogP contribution in [0.15, 0.2) is 48.5 Å². The third kappa shape index (κ3) is 6.37. The van der Waals surface area contributed by atoms with Gasteiger partial charge in [-0.25, -0.2) is 4.79 Å². The van der Waals surface area contributed by atoms with Gasteiger partial charge in [0.05, 0.1) is 12.2 Å². The van der Waals surface area contributed by atoms with Crippen LogP contribution in [0.5, 0.6) is 5.75 Å². The SMILES string of the molecule is NC(=O)COC(=O)N1CCC(COc2ccc(-c3ccc(C(F)(F)F)cc3)cc2)CC1. The summed E-state index contributed by atoms with van der Waals surface area (Å²) < 4.78 is 48.7. The Morgan fingerprint density at radius 1 is 0.968 bits per heavy atom. The van der Waals surface area contributed by atoms with Crippen molar-refractivity contribution in [3.05, 3.63) is 54.1 Å². The molecule has 31 heavy (non-hydrogen) atoms. The zero-order valence-corrected chi connectivity index (χ0v) is 16.7. The predicted octanol–water partition coefficient (Wildman–Crippen LogP) is 4.09. The zero-order valence-electron chi connectivity index (χ0n) is 16.7. The van der Waals surface area contributed by atoms with Crippen LogP contribution >= 0.6 is 0 Å². The number of benzene rings is 2. The van der Waals surface area contributed by atoms with E-state index < -0.39 is 30.3 Å². The van der Waals surface area contributed by atoms with Gasteiger partial charge in [-0.15, -0.1) is 0 Å². The highest BCUT2D eigenvalue weighted by atomic mass is 19.4. The molecule has 2 N–H and O–H groups in total. The molecule has 2 aromatic carbocycles. The minimum absolute atomic E-state index is 0.273. The van der Waals surface area contributed by atoms with E-state index in [9.17, 15) is 22.8 Å². The normalized spacial score (nSPS) is 14.9. The summed E-state index contributed by atoms with van der Waals surface area (Å²) in [4.78, 5) is 24.0. The highest BCUT2D eigenvalue weighted by Gasteiger charge is 2.30. The van der Waals surface area contributed by atoms with Crippen LogP contribution in [0, 0.1) is 5.92 Å². The quantitative estimate of drug-likeness (QED) is 0.740. The lowest BCUT2D eigenvalue weighted by atomic mass is 9.98. The third-order valence-electron chi connectivity index (χ3n) is 5.10. The summed E-state index contributed by atoms with van der Waals surface area (Å²) in [5.41, 5.74) is 5.77. The monoisotopic (exact) mass is 436 g/mol. The Balaban J connectivity index is 1.46. The van der Waals surface area contributed by atoms with Crippen LogP contribution in [-0.4, -0.2) is 43.2 Å². The van der Waals surface area contributed by atoms with Gasteiger partial charge >= 0.3 is 12.3 Å². The number of nitrogens with two attached hydrogens (primary N) is 1. The van der Waals surface area contributed by atoms with Crippen LogP contribution in [0.2, 0.25) is 0 Å². The van der Waals surface area contributed by atoms with Crippen LogP contribution in [0.4, 0.5) is 18.0 Å². The number of likely N-dealkylation sites (tertiary alicyclic amines) is 1. The van der Waals surface area contributed by atoms with Gasteiger partial charge in [-0.3, -0.25) is 4.79 Å². The first-order valence-electron chi connectivity index (χ1n) is 9.83. The molecule has 0 aliphatic carbocycles. The first-order chi connectivity index (χ1) is 14.7. The van der Waals surface area contributed by atoms with Gasteiger partial charge in [-0.05, 0) is 54.2 Å². The van der Waals surface area contributed by atoms with Gasteiger partial charge in [-0.2, -0.15) is 13.2 Å². The van der Waals surface area contributed by atoms with Crippen molar-refractivity contribution < 1.29 is 32.2 Å². The van der Waals surface area contributed by atoms with E-state index in [1.165, 1.54) is 17.0 Å². The second kappa shape index (κ2) is 9.72. The topological polar surface area (TPSA) is 81.9 Å². The summed E-state index contributed by atoms with van der Waals surface area (Å²) in [5, 5.41) is 0. The van der Waals surface area contributed by atoms with E-state index in [0.717, 1.165) is 30.5 Å². The molecule has 3 rings (SSSR count). The fraction of sp³-hybridized carbons (Fsp3) is 0.364. The third-order valence-corrected chi connectivity index (χ3v) is 5.10. The van der Waals surface area contributed by atoms with Gasteiger partial charge in [0.1, 0.15) is 5.75 Å². The van der Waals surface area contributed by atoms with Crippen molar-refractivity contribution in [2.24, 2.45) is 11.7 Å². The van der Waals surface area contributed by atoms with Crippen molar-refractivity contribution in [3.63, 3.8) is 0 Å². The standard InChI is InChI=1S/C22H23F3N2O4/c23-22(24,25)18-5-1-16(2-6-18)17-3-7-19(8-4-17)30-13-15-9-11-27(12-10-15)21(29)31-14-20(26)28/h1-8,15H,9-14H2,(H2,26,28). The fourth-order valence-corrected chi connectivity index (χ4v) is 3.32. The molecule has 0 unspecified atom stereocenters. The number of alkyl halides is 3. The van der Waals surface area contributed by atoms with Crippen LogP contribution in [0.1, 0.15) is 18.4 Å². The summed E-state index contributed by atoms with van der Waals surface area (Å²) in [5.74, 6) is 0.245. The minimum atomic E-state index is -4.35. The van der Waals surface area contributed by atoms with Gasteiger partial charge in [-0.1, -0.05) is 24.3 Å². The second-order valence-electron chi connectivity index (χ2n) is 7.36. The van der Waals surface area contributed by atoms with Crippen LogP contribution in [0.25, 0.3) is 11.1 Å². The Labute approximate surface area is 177 Å². The van der Waals surface area contributed by atoms with E-state index >= 15 is 0 Å². The number of hydrogen-bond acceptors (Lipinski definition) is 4. The summed E-state index contributed by atoms with van der Waals surface area (Å²) in [6.07, 6.45) is -3.40. The van der Waals surface area contributed by atoms with Crippen molar-refractivity contribution in [2.45, 2.75) is 19.0 Å². The lowest BCUT2D eigenvalue weighted by Gasteiger charge is -2.31. The van der Waals surface area contributed by atoms with Gasteiger partial charge in [0, 0.05) is 13.1 Å². The van der Waals surface area contributed by atoms with E-state index in [4.69, 9.17) is 15.2 Å². The fourth-order valence-electron chi connectivity index (χ4n) is 3.32. The average Bonchev–Trinajstić information content (AvgIpc) is 2.76. The summed E-state index contributed by atoms with van der Waals surface area (Å²) >= 11 is 0. The van der Waals surface area contributed by atoms with Crippen molar-refractivity contribution >= 4 is 12.0 Å². The number of piperidine rings is 1. The number of carbonyl (C=O) groups excluding carboxylic acids is 2. The molecule has 0 atom stereocenters. The maximum atomic E-state index is 12.7. The smallest absolute Gasteiger partial charge is 0.416 e. The largest absolute Gasteiger partial charge is 0.493 e. The van der Waals surface area contributed by atoms with Crippen molar-refractivity contribution in [2.75, 3.05) is 26.3 Å². The summed E-state index contributed by atoms with van der Waals surface area (Å²) in [6.45, 7) is 1.09. The molecule has 0 saturated carbocycles. The number of rotatable bonds is 6. The highest BCUT2D eigenvalue weighted by Crippen LogP contribution is 2.31. The van der Waals surface area contributed by atoms with Gasteiger partial charge in [0.15, 0.2) is 6.61 Å². The summed E-state index contributed by atoms with van der Waals surface area (Å²) in [6, 6.07) is 12.2. The first kappa shape index (κ1) is 22.5. The molecular weight excluding hydrogens is 413 g/mol.